The summed E-state index contributed by atoms with van der Waals surface area (Å²) in [6.07, 6.45) is 0. The van der Waals surface area contributed by atoms with Crippen molar-refractivity contribution in [1.29, 1.82) is 0 Å². The molecular weight excluding hydrogens is 127 g/mol. The Balaban J connectivity index is 3.18. The lowest BCUT2D eigenvalue weighted by molar-refractivity contribution is -0.118. The molecule has 0 aliphatic carbocycles. The summed E-state index contributed by atoms with van der Waals surface area (Å²) in [5.74, 6) is -0.102. The zero-order chi connectivity index (χ0) is 6.57. The molecule has 0 aliphatic heterocycles. The standard InChI is InChI=1S/C4H8O3P/c1-4(5)3-7-8(2)6/h3H2,1-2H3/q+1. The molecule has 0 saturated heterocycles. The second-order valence-corrected chi connectivity index (χ2v) is 2.55. The van der Waals surface area contributed by atoms with Gasteiger partial charge in [-0.05, 0) is 11.5 Å². The van der Waals surface area contributed by atoms with Gasteiger partial charge in [-0.15, -0.1) is 4.52 Å². The fraction of sp³-hybridized carbons (Fsp3) is 0.750. The molecule has 3 nitrogen and oxygen atoms in total. The van der Waals surface area contributed by atoms with Crippen LogP contribution in [-0.2, 0) is 13.9 Å². The molecule has 0 amide bonds. The van der Waals surface area contributed by atoms with Crippen LogP contribution in [0.3, 0.4) is 0 Å². The zero-order valence-electron chi connectivity index (χ0n) is 4.88. The lowest BCUT2D eigenvalue weighted by Crippen LogP contribution is -1.97. The van der Waals surface area contributed by atoms with E-state index in [-0.39, 0.29) is 12.4 Å². The predicted molar refractivity (Wildman–Crippen MR) is 30.2 cm³/mol. The molecule has 46 valence electrons. The van der Waals surface area contributed by atoms with Gasteiger partial charge in [-0.1, -0.05) is 0 Å². The Morgan fingerprint density at radius 3 is 2.38 bits per heavy atom. The summed E-state index contributed by atoms with van der Waals surface area (Å²) in [7, 11) is -1.60. The Morgan fingerprint density at radius 1 is 1.75 bits per heavy atom. The summed E-state index contributed by atoms with van der Waals surface area (Å²) in [5, 5.41) is 0. The largest absolute Gasteiger partial charge is 0.505 e. The van der Waals surface area contributed by atoms with Crippen LogP contribution in [0.4, 0.5) is 0 Å². The molecule has 0 fully saturated rings. The minimum absolute atomic E-state index is 0.0360. The van der Waals surface area contributed by atoms with Gasteiger partial charge in [0.25, 0.3) is 0 Å². The first-order valence-corrected chi connectivity index (χ1v) is 3.78. The number of hydrogen-bond donors (Lipinski definition) is 0. The smallest absolute Gasteiger partial charge is 0.297 e. The molecule has 0 heterocycles. The molecule has 0 aliphatic rings. The van der Waals surface area contributed by atoms with E-state index in [0.29, 0.717) is 0 Å². The molecule has 4 heteroatoms. The number of ketones is 1. The molecule has 0 saturated carbocycles. The molecule has 8 heavy (non-hydrogen) atoms. The number of carbonyl (C=O) groups excluding carboxylic acids is 1. The molecule has 0 rings (SSSR count). The first-order chi connectivity index (χ1) is 3.63. The first-order valence-electron chi connectivity index (χ1n) is 2.16. The predicted octanol–water partition coefficient (Wildman–Crippen LogP) is 0.964. The van der Waals surface area contributed by atoms with Crippen molar-refractivity contribution in [1.82, 2.24) is 0 Å². The van der Waals surface area contributed by atoms with Crippen molar-refractivity contribution in [2.45, 2.75) is 6.92 Å². The van der Waals surface area contributed by atoms with Crippen molar-refractivity contribution < 1.29 is 13.9 Å². The van der Waals surface area contributed by atoms with Crippen LogP contribution in [0.5, 0.6) is 0 Å². The maximum absolute atomic E-state index is 10.1. The third kappa shape index (κ3) is 5.73. The summed E-state index contributed by atoms with van der Waals surface area (Å²) < 4.78 is 14.6. The van der Waals surface area contributed by atoms with Crippen LogP contribution >= 0.6 is 8.03 Å². The second kappa shape index (κ2) is 3.70. The van der Waals surface area contributed by atoms with Crippen LogP contribution in [0.2, 0.25) is 0 Å². The fourth-order valence-corrected chi connectivity index (χ4v) is 0.545. The average molecular weight is 135 g/mol. The van der Waals surface area contributed by atoms with Gasteiger partial charge in [0.15, 0.2) is 19.1 Å². The summed E-state index contributed by atoms with van der Waals surface area (Å²) in [5.41, 5.74) is 0. The maximum Gasteiger partial charge on any atom is 0.505 e. The van der Waals surface area contributed by atoms with Crippen molar-refractivity contribution in [2.75, 3.05) is 13.3 Å². The molecule has 0 spiro atoms. The minimum atomic E-state index is -1.60. The molecule has 0 aromatic carbocycles. The Labute approximate surface area is 48.9 Å². The van der Waals surface area contributed by atoms with Crippen molar-refractivity contribution >= 4 is 13.8 Å². The monoisotopic (exact) mass is 135 g/mol. The highest BCUT2D eigenvalue weighted by Gasteiger charge is 2.06. The third-order valence-electron chi connectivity index (χ3n) is 0.450. The molecule has 0 N–H and O–H groups in total. The van der Waals surface area contributed by atoms with Crippen molar-refractivity contribution in [3.8, 4) is 0 Å². The normalized spacial score (nSPS) is 11.0. The zero-order valence-corrected chi connectivity index (χ0v) is 5.77. The van der Waals surface area contributed by atoms with Gasteiger partial charge >= 0.3 is 8.03 Å². The van der Waals surface area contributed by atoms with Crippen LogP contribution in [0.15, 0.2) is 0 Å². The number of carbonyl (C=O) groups is 1. The van der Waals surface area contributed by atoms with Gasteiger partial charge in [-0.25, -0.2) is 0 Å². The average Bonchev–Trinajstić information content (AvgIpc) is 1.61. The Hall–Kier alpha value is -0.270. The van der Waals surface area contributed by atoms with Gasteiger partial charge in [0, 0.05) is 0 Å². The van der Waals surface area contributed by atoms with Gasteiger partial charge < -0.3 is 0 Å². The highest BCUT2D eigenvalue weighted by molar-refractivity contribution is 7.38. The quantitative estimate of drug-likeness (QED) is 0.541. The molecule has 1 unspecified atom stereocenters. The minimum Gasteiger partial charge on any atom is -0.297 e. The molecule has 0 aromatic rings. The van der Waals surface area contributed by atoms with Crippen LogP contribution < -0.4 is 0 Å². The molecule has 0 radical (unpaired) electrons. The third-order valence-corrected chi connectivity index (χ3v) is 0.942. The van der Waals surface area contributed by atoms with E-state index >= 15 is 0 Å². The van der Waals surface area contributed by atoms with Gasteiger partial charge in [0.05, 0.1) is 0 Å². The summed E-state index contributed by atoms with van der Waals surface area (Å²) >= 11 is 0. The fourth-order valence-electron chi connectivity index (χ4n) is 0.182. The van der Waals surface area contributed by atoms with Crippen LogP contribution in [0.1, 0.15) is 6.92 Å². The van der Waals surface area contributed by atoms with Gasteiger partial charge in [-0.3, -0.25) is 4.79 Å². The topological polar surface area (TPSA) is 43.4 Å². The summed E-state index contributed by atoms with van der Waals surface area (Å²) in [4.78, 5) is 10.1. The van der Waals surface area contributed by atoms with Crippen LogP contribution in [0.25, 0.3) is 0 Å². The van der Waals surface area contributed by atoms with E-state index in [1.54, 1.807) is 0 Å². The van der Waals surface area contributed by atoms with E-state index in [1.807, 2.05) is 0 Å². The number of Topliss-reactive ketones (excluding diaryl/α,β-unsaturated/α-hetero) is 1. The highest BCUT2D eigenvalue weighted by atomic mass is 31.1. The number of hydrogen-bond acceptors (Lipinski definition) is 3. The molecular formula is C4H8O3P+. The number of rotatable bonds is 3. The van der Waals surface area contributed by atoms with E-state index in [0.717, 1.165) is 0 Å². The van der Waals surface area contributed by atoms with Gasteiger partial charge in [0.1, 0.15) is 0 Å². The summed E-state index contributed by atoms with van der Waals surface area (Å²) in [6.45, 7) is 2.77. The van der Waals surface area contributed by atoms with E-state index < -0.39 is 8.03 Å². The molecule has 0 bridgehead atoms. The highest BCUT2D eigenvalue weighted by Crippen LogP contribution is 2.13. The van der Waals surface area contributed by atoms with E-state index in [2.05, 4.69) is 4.52 Å². The summed E-state index contributed by atoms with van der Waals surface area (Å²) in [6, 6.07) is 0. The van der Waals surface area contributed by atoms with Crippen LogP contribution in [-0.4, -0.2) is 19.1 Å². The van der Waals surface area contributed by atoms with Gasteiger partial charge in [0.2, 0.25) is 0 Å². The Kier molecular flexibility index (Phi) is 3.57. The SMILES string of the molecule is CC(=O)CO[P+](C)=O. The lowest BCUT2D eigenvalue weighted by Gasteiger charge is -1.79. The Bertz CT molecular complexity index is 95.9. The first kappa shape index (κ1) is 7.73. The van der Waals surface area contributed by atoms with Crippen molar-refractivity contribution in [2.24, 2.45) is 0 Å². The van der Waals surface area contributed by atoms with Crippen LogP contribution in [0, 0.1) is 0 Å². The van der Waals surface area contributed by atoms with Crippen molar-refractivity contribution in [3.63, 3.8) is 0 Å². The molecule has 1 atom stereocenters. The van der Waals surface area contributed by atoms with E-state index in [4.69, 9.17) is 0 Å². The Morgan fingerprint density at radius 2 is 2.25 bits per heavy atom. The van der Waals surface area contributed by atoms with Gasteiger partial charge in [-0.2, -0.15) is 0 Å². The second-order valence-electron chi connectivity index (χ2n) is 1.42. The lowest BCUT2D eigenvalue weighted by atomic mass is 10.5. The maximum atomic E-state index is 10.1. The van der Waals surface area contributed by atoms with E-state index in [9.17, 15) is 9.36 Å². The van der Waals surface area contributed by atoms with Crippen molar-refractivity contribution in [3.05, 3.63) is 0 Å². The molecule has 0 aromatic heterocycles. The van der Waals surface area contributed by atoms with E-state index in [1.165, 1.54) is 13.6 Å².